The van der Waals surface area contributed by atoms with Gasteiger partial charge < -0.3 is 10.1 Å². The lowest BCUT2D eigenvalue weighted by atomic mass is 10.1. The van der Waals surface area contributed by atoms with E-state index < -0.39 is 0 Å². The van der Waals surface area contributed by atoms with Gasteiger partial charge in [-0.05, 0) is 48.5 Å². The van der Waals surface area contributed by atoms with Crippen LogP contribution in [0.4, 0.5) is 5.69 Å². The van der Waals surface area contributed by atoms with Gasteiger partial charge in [-0.1, -0.05) is 45.4 Å². The summed E-state index contributed by atoms with van der Waals surface area (Å²) >= 11 is 3.45. The maximum atomic E-state index is 12.6. The van der Waals surface area contributed by atoms with E-state index in [9.17, 15) is 4.79 Å². The summed E-state index contributed by atoms with van der Waals surface area (Å²) in [6, 6.07) is 22.5. The first-order valence-electron chi connectivity index (χ1n) is 8.87. The summed E-state index contributed by atoms with van der Waals surface area (Å²) in [5, 5.41) is 11.1. The molecule has 6 nitrogen and oxygen atoms in total. The minimum Gasteiger partial charge on any atom is -0.496 e. The molecule has 1 N–H and O–H groups in total. The lowest BCUT2D eigenvalue weighted by Gasteiger charge is -2.10. The van der Waals surface area contributed by atoms with Gasteiger partial charge in [0, 0.05) is 15.7 Å². The number of aromatic nitrogens is 3. The van der Waals surface area contributed by atoms with Crippen molar-refractivity contribution in [2.75, 3.05) is 12.4 Å². The fraction of sp³-hybridized carbons (Fsp3) is 0.0455. The monoisotopic (exact) mass is 448 g/mol. The summed E-state index contributed by atoms with van der Waals surface area (Å²) in [5.74, 6) is 0.301. The number of hydrogen-bond donors (Lipinski definition) is 1. The zero-order chi connectivity index (χ0) is 20.2. The van der Waals surface area contributed by atoms with Crippen LogP contribution < -0.4 is 10.1 Å². The van der Waals surface area contributed by atoms with Crippen molar-refractivity contribution in [3.8, 4) is 22.7 Å². The van der Waals surface area contributed by atoms with Crippen LogP contribution in [0, 0.1) is 0 Å². The Morgan fingerprint density at radius 3 is 2.45 bits per heavy atom. The van der Waals surface area contributed by atoms with Gasteiger partial charge in [-0.25, -0.2) is 4.68 Å². The van der Waals surface area contributed by atoms with E-state index in [0.717, 1.165) is 21.4 Å². The summed E-state index contributed by atoms with van der Waals surface area (Å²) in [6.45, 7) is 0. The van der Waals surface area contributed by atoms with Gasteiger partial charge >= 0.3 is 0 Å². The maximum absolute atomic E-state index is 12.6. The van der Waals surface area contributed by atoms with Crippen molar-refractivity contribution >= 4 is 27.5 Å². The third-order valence-electron chi connectivity index (χ3n) is 4.41. The minimum atomic E-state index is -0.230. The molecule has 0 atom stereocenters. The van der Waals surface area contributed by atoms with Crippen molar-refractivity contribution in [1.82, 2.24) is 15.0 Å². The van der Waals surface area contributed by atoms with Crippen molar-refractivity contribution < 1.29 is 9.53 Å². The molecular weight excluding hydrogens is 432 g/mol. The average Bonchev–Trinajstić information content (AvgIpc) is 3.24. The largest absolute Gasteiger partial charge is 0.496 e. The van der Waals surface area contributed by atoms with E-state index in [0.29, 0.717) is 17.0 Å². The highest BCUT2D eigenvalue weighted by Crippen LogP contribution is 2.24. The number of para-hydroxylation sites is 1. The highest BCUT2D eigenvalue weighted by Gasteiger charge is 2.12. The van der Waals surface area contributed by atoms with Crippen LogP contribution in [0.2, 0.25) is 0 Å². The normalized spacial score (nSPS) is 10.6. The SMILES string of the molecule is COc1ccccc1C(=O)Nc1ccc(-n2nncc2-c2ccc(Br)cc2)cc1. The Kier molecular flexibility index (Phi) is 5.39. The van der Waals surface area contributed by atoms with Crippen molar-refractivity contribution in [3.05, 3.63) is 89.0 Å². The van der Waals surface area contributed by atoms with Crippen molar-refractivity contribution in [2.24, 2.45) is 0 Å². The molecule has 4 aromatic rings. The molecule has 0 aliphatic heterocycles. The quantitative estimate of drug-likeness (QED) is 0.468. The molecule has 0 saturated carbocycles. The highest BCUT2D eigenvalue weighted by molar-refractivity contribution is 9.10. The Morgan fingerprint density at radius 2 is 1.72 bits per heavy atom. The number of amides is 1. The number of nitrogens with zero attached hydrogens (tertiary/aromatic N) is 3. The van der Waals surface area contributed by atoms with Crippen LogP contribution in [0.25, 0.3) is 16.9 Å². The van der Waals surface area contributed by atoms with Gasteiger partial charge in [-0.3, -0.25) is 4.79 Å². The molecule has 0 radical (unpaired) electrons. The van der Waals surface area contributed by atoms with E-state index in [2.05, 4.69) is 31.6 Å². The predicted octanol–water partition coefficient (Wildman–Crippen LogP) is 4.96. The molecule has 7 heteroatoms. The number of hydrogen-bond acceptors (Lipinski definition) is 4. The molecule has 0 aliphatic rings. The molecule has 0 unspecified atom stereocenters. The second-order valence-electron chi connectivity index (χ2n) is 6.24. The zero-order valence-electron chi connectivity index (χ0n) is 15.5. The topological polar surface area (TPSA) is 69.0 Å². The summed E-state index contributed by atoms with van der Waals surface area (Å²) in [6.07, 6.45) is 1.72. The molecule has 3 aromatic carbocycles. The number of ether oxygens (including phenoxy) is 1. The van der Waals surface area contributed by atoms with Gasteiger partial charge in [0.25, 0.3) is 5.91 Å². The van der Waals surface area contributed by atoms with E-state index >= 15 is 0 Å². The van der Waals surface area contributed by atoms with Gasteiger partial charge in [0.1, 0.15) is 5.75 Å². The number of anilines is 1. The van der Waals surface area contributed by atoms with Crippen LogP contribution in [-0.2, 0) is 0 Å². The van der Waals surface area contributed by atoms with Crippen molar-refractivity contribution in [1.29, 1.82) is 0 Å². The number of nitrogens with one attached hydrogen (secondary N) is 1. The zero-order valence-corrected chi connectivity index (χ0v) is 17.1. The van der Waals surface area contributed by atoms with Gasteiger partial charge in [0.05, 0.1) is 30.3 Å². The summed E-state index contributed by atoms with van der Waals surface area (Å²) in [4.78, 5) is 12.6. The predicted molar refractivity (Wildman–Crippen MR) is 115 cm³/mol. The number of benzene rings is 3. The molecule has 1 amide bonds. The molecule has 1 heterocycles. The molecule has 0 aliphatic carbocycles. The second-order valence-corrected chi connectivity index (χ2v) is 7.15. The summed E-state index contributed by atoms with van der Waals surface area (Å²) in [5.41, 5.74) is 3.88. The lowest BCUT2D eigenvalue weighted by molar-refractivity contribution is 0.102. The maximum Gasteiger partial charge on any atom is 0.259 e. The van der Waals surface area contributed by atoms with Crippen LogP contribution in [0.15, 0.2) is 83.5 Å². The Hall–Kier alpha value is -3.45. The minimum absolute atomic E-state index is 0.230. The average molecular weight is 449 g/mol. The van der Waals surface area contributed by atoms with Gasteiger partial charge in [-0.2, -0.15) is 0 Å². The second kappa shape index (κ2) is 8.28. The van der Waals surface area contributed by atoms with Gasteiger partial charge in [0.15, 0.2) is 0 Å². The van der Waals surface area contributed by atoms with Crippen LogP contribution in [0.5, 0.6) is 5.75 Å². The fourth-order valence-corrected chi connectivity index (χ4v) is 3.22. The van der Waals surface area contributed by atoms with E-state index in [-0.39, 0.29) is 5.91 Å². The number of carbonyl (C=O) groups excluding carboxylic acids is 1. The first kappa shape index (κ1) is 18.9. The molecule has 1 aromatic heterocycles. The number of halogens is 1. The Bertz CT molecular complexity index is 1140. The Balaban J connectivity index is 1.56. The van der Waals surface area contributed by atoms with E-state index in [1.807, 2.05) is 54.6 Å². The van der Waals surface area contributed by atoms with E-state index in [4.69, 9.17) is 4.74 Å². The number of methoxy groups -OCH3 is 1. The summed E-state index contributed by atoms with van der Waals surface area (Å²) < 4.78 is 8.02. The molecule has 29 heavy (non-hydrogen) atoms. The molecule has 144 valence electrons. The summed E-state index contributed by atoms with van der Waals surface area (Å²) in [7, 11) is 1.54. The fourth-order valence-electron chi connectivity index (χ4n) is 2.96. The Morgan fingerprint density at radius 1 is 1.00 bits per heavy atom. The standard InChI is InChI=1S/C22H17BrN4O2/c1-29-21-5-3-2-4-19(21)22(28)25-17-10-12-18(13-11-17)27-20(14-24-26-27)15-6-8-16(23)9-7-15/h2-14H,1H3,(H,25,28). The first-order chi connectivity index (χ1) is 14.2. The Labute approximate surface area is 176 Å². The van der Waals surface area contributed by atoms with Crippen LogP contribution in [0.3, 0.4) is 0 Å². The van der Waals surface area contributed by atoms with E-state index in [1.54, 1.807) is 36.2 Å². The molecular formula is C22H17BrN4O2. The lowest BCUT2D eigenvalue weighted by Crippen LogP contribution is -2.13. The van der Waals surface area contributed by atoms with Crippen molar-refractivity contribution in [3.63, 3.8) is 0 Å². The van der Waals surface area contributed by atoms with Gasteiger partial charge in [0.2, 0.25) is 0 Å². The molecule has 0 saturated heterocycles. The number of carbonyl (C=O) groups is 1. The van der Waals surface area contributed by atoms with Crippen molar-refractivity contribution in [2.45, 2.75) is 0 Å². The smallest absolute Gasteiger partial charge is 0.259 e. The van der Waals surface area contributed by atoms with Gasteiger partial charge in [-0.15, -0.1) is 5.10 Å². The van der Waals surface area contributed by atoms with Crippen LogP contribution >= 0.6 is 15.9 Å². The third-order valence-corrected chi connectivity index (χ3v) is 4.94. The molecule has 0 spiro atoms. The first-order valence-corrected chi connectivity index (χ1v) is 9.66. The van der Waals surface area contributed by atoms with E-state index in [1.165, 1.54) is 0 Å². The number of rotatable bonds is 5. The molecule has 0 fully saturated rings. The highest BCUT2D eigenvalue weighted by atomic mass is 79.9. The molecule has 4 rings (SSSR count). The third kappa shape index (κ3) is 4.05. The van der Waals surface area contributed by atoms with Crippen LogP contribution in [0.1, 0.15) is 10.4 Å². The molecule has 0 bridgehead atoms. The van der Waals surface area contributed by atoms with Crippen LogP contribution in [-0.4, -0.2) is 28.0 Å².